The van der Waals surface area contributed by atoms with E-state index in [4.69, 9.17) is 9.47 Å². The highest BCUT2D eigenvalue weighted by Crippen LogP contribution is 2.36. The number of aliphatic carboxylic acids is 1. The lowest BCUT2D eigenvalue weighted by molar-refractivity contribution is -0.304. The molecule has 0 radical (unpaired) electrons. The van der Waals surface area contributed by atoms with Gasteiger partial charge in [0.15, 0.2) is 5.79 Å². The number of carboxylic acids is 1. The monoisotopic (exact) mass is 610 g/mol. The Morgan fingerprint density at radius 1 is 0.977 bits per heavy atom. The number of nitrogens with one attached hydrogen (secondary N) is 3. The van der Waals surface area contributed by atoms with Crippen LogP contribution in [0.3, 0.4) is 0 Å². The molecule has 0 aromatic heterocycles. The summed E-state index contributed by atoms with van der Waals surface area (Å²) in [7, 11) is 0. The van der Waals surface area contributed by atoms with Gasteiger partial charge in [0.05, 0.1) is 13.0 Å². The number of hydrogen-bond donors (Lipinski definition) is 4. The van der Waals surface area contributed by atoms with Gasteiger partial charge in [0.1, 0.15) is 6.10 Å². The highest BCUT2D eigenvalue weighted by molar-refractivity contribution is 5.83. The van der Waals surface area contributed by atoms with Crippen LogP contribution in [0.25, 0.3) is 0 Å². The molecule has 1 heterocycles. The Morgan fingerprint density at radius 2 is 1.60 bits per heavy atom. The van der Waals surface area contributed by atoms with Gasteiger partial charge in [-0.1, -0.05) is 92.9 Å². The van der Waals surface area contributed by atoms with Crippen LogP contribution in [0.5, 0.6) is 0 Å². The molecule has 1 aliphatic carbocycles. The van der Waals surface area contributed by atoms with Gasteiger partial charge in [-0.25, -0.2) is 10.2 Å². The van der Waals surface area contributed by atoms with Gasteiger partial charge >= 0.3 is 12.0 Å². The van der Waals surface area contributed by atoms with Gasteiger partial charge in [-0.15, -0.1) is 0 Å². The van der Waals surface area contributed by atoms with Crippen LogP contribution in [-0.2, 0) is 19.1 Å². The lowest BCUT2D eigenvalue weighted by Crippen LogP contribution is -2.61. The predicted octanol–water partition coefficient (Wildman–Crippen LogP) is 6.00. The highest BCUT2D eigenvalue weighted by Gasteiger charge is 2.47. The molecular formula is C33H62N4O6. The molecule has 0 aromatic rings. The highest BCUT2D eigenvalue weighted by atomic mass is 16.7. The maximum atomic E-state index is 13.5. The van der Waals surface area contributed by atoms with E-state index < -0.39 is 29.3 Å². The van der Waals surface area contributed by atoms with Crippen LogP contribution in [0, 0.1) is 16.7 Å². The first-order chi connectivity index (χ1) is 20.0. The summed E-state index contributed by atoms with van der Waals surface area (Å²) in [5.74, 6) is -2.37. The summed E-state index contributed by atoms with van der Waals surface area (Å²) in [5, 5.41) is 12.8. The fourth-order valence-electron chi connectivity index (χ4n) is 6.22. The summed E-state index contributed by atoms with van der Waals surface area (Å²) in [6.07, 6.45) is 10.7. The van der Waals surface area contributed by atoms with Crippen molar-refractivity contribution in [2.45, 2.75) is 156 Å². The first kappa shape index (κ1) is 37.3. The molecule has 2 rings (SSSR count). The maximum Gasteiger partial charge on any atom is 0.331 e. The van der Waals surface area contributed by atoms with Crippen molar-refractivity contribution in [1.29, 1.82) is 0 Å². The molecule has 4 unspecified atom stereocenters. The average Bonchev–Trinajstić information content (AvgIpc) is 2.91. The van der Waals surface area contributed by atoms with Gasteiger partial charge < -0.3 is 24.8 Å². The lowest BCUT2D eigenvalue weighted by Gasteiger charge is -2.45. The topological polar surface area (TPSA) is 129 Å². The first-order valence-corrected chi connectivity index (χ1v) is 16.7. The molecule has 2 fully saturated rings. The zero-order valence-electron chi connectivity index (χ0n) is 28.4. The van der Waals surface area contributed by atoms with E-state index in [0.717, 1.165) is 38.5 Å². The summed E-state index contributed by atoms with van der Waals surface area (Å²) in [5.41, 5.74) is 5.60. The number of urea groups is 1. The van der Waals surface area contributed by atoms with Gasteiger partial charge in [0.2, 0.25) is 5.91 Å². The molecule has 4 atom stereocenters. The predicted molar refractivity (Wildman–Crippen MR) is 169 cm³/mol. The van der Waals surface area contributed by atoms with Crippen molar-refractivity contribution in [2.24, 2.45) is 16.7 Å². The summed E-state index contributed by atoms with van der Waals surface area (Å²) >= 11 is 0. The van der Waals surface area contributed by atoms with Gasteiger partial charge in [-0.05, 0) is 44.4 Å². The van der Waals surface area contributed by atoms with Gasteiger partial charge in [-0.2, -0.15) is 0 Å². The average molecular weight is 611 g/mol. The fraction of sp³-hybridized carbons (Fsp3) is 0.909. The Hall–Kier alpha value is -1.91. The summed E-state index contributed by atoms with van der Waals surface area (Å²) in [6, 6.07) is -0.940. The van der Waals surface area contributed by atoms with Gasteiger partial charge in [0, 0.05) is 30.6 Å². The van der Waals surface area contributed by atoms with Crippen LogP contribution in [0.4, 0.5) is 4.79 Å². The van der Waals surface area contributed by atoms with E-state index in [-0.39, 0.29) is 35.7 Å². The van der Waals surface area contributed by atoms with E-state index in [0.29, 0.717) is 19.7 Å². The number of rotatable bonds is 16. The van der Waals surface area contributed by atoms with Crippen LogP contribution in [0.15, 0.2) is 0 Å². The Balaban J connectivity index is 2.06. The zero-order chi connectivity index (χ0) is 32.3. The number of hydrogen-bond acceptors (Lipinski definition) is 6. The normalized spacial score (nSPS) is 24.1. The number of ether oxygens (including phenoxy) is 2. The molecule has 2 aliphatic rings. The van der Waals surface area contributed by atoms with E-state index in [1.165, 1.54) is 32.1 Å². The maximum absolute atomic E-state index is 13.5. The standard InChI is InChI=1S/C33H62N4O6/c1-9-10-11-12-13-14-17-20-37(22-31(2,3)4)30(41)36-35-25-19-16-15-18-24(25)26(21-27(38)39)34-29(40)28-32(5,6)23-42-33(7,8)43-28/h24-26,28,35H,9-23H2,1-8H3,(H,34,40)(H,36,41)(H,38,39). The molecule has 250 valence electrons. The number of carbonyl (C=O) groups excluding carboxylic acids is 2. The minimum atomic E-state index is -0.975. The lowest BCUT2D eigenvalue weighted by atomic mass is 9.78. The molecule has 10 nitrogen and oxygen atoms in total. The number of unbranched alkanes of at least 4 members (excludes halogenated alkanes) is 6. The van der Waals surface area contributed by atoms with E-state index in [9.17, 15) is 19.5 Å². The first-order valence-electron chi connectivity index (χ1n) is 16.7. The molecule has 1 saturated heterocycles. The minimum absolute atomic E-state index is 0.0444. The van der Waals surface area contributed by atoms with E-state index in [2.05, 4.69) is 43.9 Å². The number of hydrazine groups is 1. The zero-order valence-corrected chi connectivity index (χ0v) is 28.4. The number of nitrogens with zero attached hydrogens (tertiary/aromatic N) is 1. The largest absolute Gasteiger partial charge is 0.481 e. The number of amides is 3. The second-order valence-electron chi connectivity index (χ2n) is 15.1. The van der Waals surface area contributed by atoms with Crippen LogP contribution in [-0.4, -0.2) is 71.6 Å². The quantitative estimate of drug-likeness (QED) is 0.125. The molecule has 0 aromatic carbocycles. The summed E-state index contributed by atoms with van der Waals surface area (Å²) in [6.45, 7) is 17.7. The molecule has 4 N–H and O–H groups in total. The van der Waals surface area contributed by atoms with Crippen LogP contribution in [0.2, 0.25) is 0 Å². The van der Waals surface area contributed by atoms with Crippen LogP contribution in [0.1, 0.15) is 132 Å². The third-order valence-corrected chi connectivity index (χ3v) is 8.55. The second-order valence-corrected chi connectivity index (χ2v) is 15.1. The Kier molecular flexibility index (Phi) is 14.7. The van der Waals surface area contributed by atoms with Crippen molar-refractivity contribution in [3.8, 4) is 0 Å². The third kappa shape index (κ3) is 13.3. The van der Waals surface area contributed by atoms with Crippen LogP contribution < -0.4 is 16.2 Å². The van der Waals surface area contributed by atoms with Crippen molar-refractivity contribution in [3.63, 3.8) is 0 Å². The molecule has 10 heteroatoms. The summed E-state index contributed by atoms with van der Waals surface area (Å²) < 4.78 is 11.8. The van der Waals surface area contributed by atoms with Crippen molar-refractivity contribution >= 4 is 17.9 Å². The SMILES string of the molecule is CCCCCCCCCN(CC(C)(C)C)C(=O)NNC1CCCCC1C(CC(=O)O)NC(=O)C1OC(C)(C)OCC1(C)C. The number of carbonyl (C=O) groups is 3. The third-order valence-electron chi connectivity index (χ3n) is 8.55. The van der Waals surface area contributed by atoms with Gasteiger partial charge in [0.25, 0.3) is 0 Å². The van der Waals surface area contributed by atoms with E-state index in [1.807, 2.05) is 18.7 Å². The Bertz CT molecular complexity index is 887. The molecule has 3 amide bonds. The van der Waals surface area contributed by atoms with E-state index in [1.54, 1.807) is 13.8 Å². The van der Waals surface area contributed by atoms with Crippen molar-refractivity contribution in [3.05, 3.63) is 0 Å². The van der Waals surface area contributed by atoms with Crippen molar-refractivity contribution in [1.82, 2.24) is 21.1 Å². The molecule has 0 spiro atoms. The molecule has 1 saturated carbocycles. The fourth-order valence-corrected chi connectivity index (χ4v) is 6.22. The van der Waals surface area contributed by atoms with Crippen molar-refractivity contribution in [2.75, 3.05) is 19.7 Å². The Morgan fingerprint density at radius 3 is 2.23 bits per heavy atom. The van der Waals surface area contributed by atoms with Gasteiger partial charge in [-0.3, -0.25) is 15.0 Å². The molecule has 0 bridgehead atoms. The Labute approximate surface area is 260 Å². The van der Waals surface area contributed by atoms with Crippen LogP contribution >= 0.6 is 0 Å². The summed E-state index contributed by atoms with van der Waals surface area (Å²) in [4.78, 5) is 40.8. The molecule has 1 aliphatic heterocycles. The van der Waals surface area contributed by atoms with E-state index >= 15 is 0 Å². The smallest absolute Gasteiger partial charge is 0.331 e. The number of carboxylic acid groups (broad SMARTS) is 1. The molecule has 43 heavy (non-hydrogen) atoms. The van der Waals surface area contributed by atoms with Crippen molar-refractivity contribution < 1.29 is 29.0 Å². The minimum Gasteiger partial charge on any atom is -0.481 e. The molecular weight excluding hydrogens is 548 g/mol. The second kappa shape index (κ2) is 17.0.